The summed E-state index contributed by atoms with van der Waals surface area (Å²) in [4.78, 5) is 14.5. The fraction of sp³-hybridized carbons (Fsp3) is 0.409. The van der Waals surface area contributed by atoms with Gasteiger partial charge < -0.3 is 25.0 Å². The van der Waals surface area contributed by atoms with Crippen LogP contribution in [0.5, 0.6) is 11.5 Å². The van der Waals surface area contributed by atoms with E-state index < -0.39 is 0 Å². The molecule has 28 heavy (non-hydrogen) atoms. The number of rotatable bonds is 8. The van der Waals surface area contributed by atoms with Crippen molar-refractivity contribution in [3.8, 4) is 11.5 Å². The quantitative estimate of drug-likeness (QED) is 0.734. The highest BCUT2D eigenvalue weighted by molar-refractivity contribution is 5.73. The van der Waals surface area contributed by atoms with Gasteiger partial charge in [-0.25, -0.2) is 4.79 Å². The van der Waals surface area contributed by atoms with Crippen molar-refractivity contribution in [3.05, 3.63) is 53.6 Å². The molecule has 0 aromatic heterocycles. The van der Waals surface area contributed by atoms with Gasteiger partial charge in [0.15, 0.2) is 0 Å². The Hall–Kier alpha value is -2.89. The van der Waals surface area contributed by atoms with E-state index in [1.54, 1.807) is 14.2 Å². The number of carbonyl (C=O) groups excluding carboxylic acids is 1. The molecule has 1 saturated heterocycles. The third-order valence-electron chi connectivity index (χ3n) is 5.03. The van der Waals surface area contributed by atoms with Crippen molar-refractivity contribution in [2.75, 3.05) is 38.8 Å². The molecule has 2 aromatic carbocycles. The molecule has 1 aliphatic heterocycles. The number of ether oxygens (including phenoxy) is 2. The van der Waals surface area contributed by atoms with E-state index in [1.165, 1.54) is 18.5 Å². The number of nitrogens with zero attached hydrogens (tertiary/aromatic N) is 1. The summed E-state index contributed by atoms with van der Waals surface area (Å²) in [7, 11) is 3.27. The standard InChI is InChI=1S/C22H29N3O3/c1-27-20-9-10-21(28-2)18(15-20)11-12-23-22(26)24-16-17-5-7-19(8-6-17)25-13-3-4-14-25/h5-10,15H,3-4,11-14,16H2,1-2H3,(H2,23,24,26). The molecule has 0 spiro atoms. The largest absolute Gasteiger partial charge is 0.497 e. The third kappa shape index (κ3) is 5.31. The molecule has 2 amide bonds. The van der Waals surface area contributed by atoms with Gasteiger partial charge in [-0.2, -0.15) is 0 Å². The van der Waals surface area contributed by atoms with Crippen LogP contribution in [0, 0.1) is 0 Å². The molecule has 1 fully saturated rings. The third-order valence-corrected chi connectivity index (χ3v) is 5.03. The van der Waals surface area contributed by atoms with Gasteiger partial charge in [0.1, 0.15) is 11.5 Å². The topological polar surface area (TPSA) is 62.8 Å². The van der Waals surface area contributed by atoms with Crippen LogP contribution in [0.1, 0.15) is 24.0 Å². The molecule has 0 bridgehead atoms. The summed E-state index contributed by atoms with van der Waals surface area (Å²) in [6, 6.07) is 13.9. The van der Waals surface area contributed by atoms with Crippen molar-refractivity contribution in [2.45, 2.75) is 25.8 Å². The SMILES string of the molecule is COc1ccc(OC)c(CCNC(=O)NCc2ccc(N3CCCC3)cc2)c1. The lowest BCUT2D eigenvalue weighted by molar-refractivity contribution is 0.240. The number of anilines is 1. The van der Waals surface area contributed by atoms with Gasteiger partial charge in [-0.15, -0.1) is 0 Å². The first-order valence-corrected chi connectivity index (χ1v) is 9.76. The van der Waals surface area contributed by atoms with Gasteiger partial charge in [0.05, 0.1) is 14.2 Å². The van der Waals surface area contributed by atoms with Crippen molar-refractivity contribution < 1.29 is 14.3 Å². The zero-order chi connectivity index (χ0) is 19.8. The number of amides is 2. The molecule has 0 aliphatic carbocycles. The van der Waals surface area contributed by atoms with Crippen LogP contribution in [0.4, 0.5) is 10.5 Å². The van der Waals surface area contributed by atoms with Crippen molar-refractivity contribution in [1.29, 1.82) is 0 Å². The molecule has 6 heteroatoms. The minimum Gasteiger partial charge on any atom is -0.497 e. The molecule has 6 nitrogen and oxygen atoms in total. The molecular weight excluding hydrogens is 354 g/mol. The normalized spacial score (nSPS) is 13.3. The van der Waals surface area contributed by atoms with Crippen LogP contribution in [0.2, 0.25) is 0 Å². The van der Waals surface area contributed by atoms with E-state index in [0.717, 1.165) is 35.7 Å². The van der Waals surface area contributed by atoms with E-state index in [1.807, 2.05) is 18.2 Å². The van der Waals surface area contributed by atoms with Crippen LogP contribution in [0.15, 0.2) is 42.5 Å². The van der Waals surface area contributed by atoms with Gasteiger partial charge >= 0.3 is 6.03 Å². The Morgan fingerprint density at radius 3 is 2.43 bits per heavy atom. The molecule has 1 aliphatic rings. The maximum absolute atomic E-state index is 12.1. The van der Waals surface area contributed by atoms with Gasteiger partial charge in [-0.05, 0) is 60.7 Å². The van der Waals surface area contributed by atoms with Crippen molar-refractivity contribution in [3.63, 3.8) is 0 Å². The maximum Gasteiger partial charge on any atom is 0.315 e. The van der Waals surface area contributed by atoms with Gasteiger partial charge in [0.25, 0.3) is 0 Å². The summed E-state index contributed by atoms with van der Waals surface area (Å²) >= 11 is 0. The van der Waals surface area contributed by atoms with Crippen molar-refractivity contribution in [1.82, 2.24) is 10.6 Å². The summed E-state index contributed by atoms with van der Waals surface area (Å²) in [5.74, 6) is 1.57. The number of benzene rings is 2. The second kappa shape index (κ2) is 9.88. The monoisotopic (exact) mass is 383 g/mol. The predicted octanol–water partition coefficient (Wildman–Crippen LogP) is 3.35. The van der Waals surface area contributed by atoms with Crippen LogP contribution < -0.4 is 25.0 Å². The summed E-state index contributed by atoms with van der Waals surface area (Å²) in [5.41, 5.74) is 3.35. The molecule has 3 rings (SSSR count). The Morgan fingerprint density at radius 1 is 1.00 bits per heavy atom. The first-order valence-electron chi connectivity index (χ1n) is 9.76. The van der Waals surface area contributed by atoms with Gasteiger partial charge in [0.2, 0.25) is 0 Å². The van der Waals surface area contributed by atoms with E-state index in [9.17, 15) is 4.79 Å². The lowest BCUT2D eigenvalue weighted by Crippen LogP contribution is -2.36. The van der Waals surface area contributed by atoms with Gasteiger partial charge in [0, 0.05) is 31.9 Å². The second-order valence-electron chi connectivity index (χ2n) is 6.90. The number of carbonyl (C=O) groups is 1. The van der Waals surface area contributed by atoms with E-state index >= 15 is 0 Å². The summed E-state index contributed by atoms with van der Waals surface area (Å²) < 4.78 is 10.6. The fourth-order valence-corrected chi connectivity index (χ4v) is 3.43. The first kappa shape index (κ1) is 19.9. The minimum atomic E-state index is -0.175. The molecule has 150 valence electrons. The van der Waals surface area contributed by atoms with Crippen LogP contribution in [0.3, 0.4) is 0 Å². The smallest absolute Gasteiger partial charge is 0.315 e. The van der Waals surface area contributed by atoms with Crippen LogP contribution >= 0.6 is 0 Å². The Labute approximate surface area is 166 Å². The zero-order valence-electron chi connectivity index (χ0n) is 16.7. The molecule has 0 radical (unpaired) electrons. The van der Waals surface area contributed by atoms with Crippen LogP contribution in [-0.4, -0.2) is 39.9 Å². The highest BCUT2D eigenvalue weighted by Gasteiger charge is 2.12. The Bertz CT molecular complexity index is 771. The van der Waals surface area contributed by atoms with E-state index in [4.69, 9.17) is 9.47 Å². The summed E-state index contributed by atoms with van der Waals surface area (Å²) in [6.45, 7) is 3.30. The fourth-order valence-electron chi connectivity index (χ4n) is 3.43. The second-order valence-corrected chi connectivity index (χ2v) is 6.90. The van der Waals surface area contributed by atoms with E-state index in [0.29, 0.717) is 19.5 Å². The number of hydrogen-bond donors (Lipinski definition) is 2. The van der Waals surface area contributed by atoms with Crippen molar-refractivity contribution >= 4 is 11.7 Å². The minimum absolute atomic E-state index is 0.175. The summed E-state index contributed by atoms with van der Waals surface area (Å²) in [5, 5.41) is 5.80. The molecule has 2 aromatic rings. The number of urea groups is 1. The lowest BCUT2D eigenvalue weighted by Gasteiger charge is -2.17. The Balaban J connectivity index is 1.42. The average Bonchev–Trinajstić information content (AvgIpc) is 3.27. The number of nitrogens with one attached hydrogen (secondary N) is 2. The molecule has 0 unspecified atom stereocenters. The Kier molecular flexibility index (Phi) is 7.00. The highest BCUT2D eigenvalue weighted by atomic mass is 16.5. The van der Waals surface area contributed by atoms with Gasteiger partial charge in [-0.1, -0.05) is 12.1 Å². The van der Waals surface area contributed by atoms with Crippen LogP contribution in [-0.2, 0) is 13.0 Å². The number of hydrogen-bond acceptors (Lipinski definition) is 4. The first-order chi connectivity index (χ1) is 13.7. The maximum atomic E-state index is 12.1. The predicted molar refractivity (Wildman–Crippen MR) is 111 cm³/mol. The molecule has 2 N–H and O–H groups in total. The van der Waals surface area contributed by atoms with Crippen LogP contribution in [0.25, 0.3) is 0 Å². The van der Waals surface area contributed by atoms with Crippen molar-refractivity contribution in [2.24, 2.45) is 0 Å². The van der Waals surface area contributed by atoms with E-state index in [-0.39, 0.29) is 6.03 Å². The average molecular weight is 383 g/mol. The highest BCUT2D eigenvalue weighted by Crippen LogP contribution is 2.24. The molecule has 1 heterocycles. The lowest BCUT2D eigenvalue weighted by atomic mass is 10.1. The number of methoxy groups -OCH3 is 2. The zero-order valence-corrected chi connectivity index (χ0v) is 16.7. The Morgan fingerprint density at radius 2 is 1.75 bits per heavy atom. The molecule has 0 atom stereocenters. The molecule has 0 saturated carbocycles. The van der Waals surface area contributed by atoms with E-state index in [2.05, 4.69) is 39.8 Å². The summed E-state index contributed by atoms with van der Waals surface area (Å²) in [6.07, 6.45) is 3.20. The molecular formula is C22H29N3O3. The van der Waals surface area contributed by atoms with Gasteiger partial charge in [-0.3, -0.25) is 0 Å².